The van der Waals surface area contributed by atoms with E-state index >= 15 is 0 Å². The highest BCUT2D eigenvalue weighted by atomic mass is 32.3. The van der Waals surface area contributed by atoms with Crippen LogP contribution in [0.1, 0.15) is 58.3 Å². The molecule has 0 spiro atoms. The van der Waals surface area contributed by atoms with Crippen LogP contribution in [0.5, 0.6) is 0 Å². The van der Waals surface area contributed by atoms with Crippen molar-refractivity contribution in [1.29, 1.82) is 0 Å². The van der Waals surface area contributed by atoms with Crippen LogP contribution in [0, 0.1) is 0 Å². The molecule has 0 aromatic heterocycles. The SMILES string of the molecule is CCCCCCCCCC[SH](C)(C)(C)C. The molecule has 0 rings (SSSR count). The van der Waals surface area contributed by atoms with Crippen molar-refractivity contribution >= 4 is 9.16 Å². The molecular weight excluding hydrogens is 200 g/mol. The van der Waals surface area contributed by atoms with E-state index in [-0.39, 0.29) is 0 Å². The summed E-state index contributed by atoms with van der Waals surface area (Å²) in [6.07, 6.45) is 21.6. The highest BCUT2D eigenvalue weighted by Gasteiger charge is 2.16. The average molecular weight is 234 g/mol. The third kappa shape index (κ3) is 14.4. The molecule has 0 fully saturated rings. The van der Waals surface area contributed by atoms with Gasteiger partial charge in [-0.2, -0.15) is 0 Å². The van der Waals surface area contributed by atoms with E-state index in [1.807, 2.05) is 0 Å². The van der Waals surface area contributed by atoms with Crippen LogP contribution in [0.25, 0.3) is 0 Å². The molecule has 0 unspecified atom stereocenters. The van der Waals surface area contributed by atoms with Crippen LogP contribution in [0.3, 0.4) is 0 Å². The van der Waals surface area contributed by atoms with E-state index in [0.717, 1.165) is 0 Å². The largest absolute Gasteiger partial charge is 0.292 e. The monoisotopic (exact) mass is 234 g/mol. The van der Waals surface area contributed by atoms with Crippen molar-refractivity contribution in [3.8, 4) is 0 Å². The van der Waals surface area contributed by atoms with Crippen molar-refractivity contribution in [2.24, 2.45) is 0 Å². The fraction of sp³-hybridized carbons (Fsp3) is 1.00. The minimum Gasteiger partial charge on any atom is -0.292 e. The van der Waals surface area contributed by atoms with E-state index in [4.69, 9.17) is 0 Å². The van der Waals surface area contributed by atoms with Crippen LogP contribution in [-0.2, 0) is 0 Å². The number of unbranched alkanes of at least 4 members (excludes halogenated alkanes) is 7. The summed E-state index contributed by atoms with van der Waals surface area (Å²) < 4.78 is 0. The topological polar surface area (TPSA) is 0 Å². The van der Waals surface area contributed by atoms with Crippen molar-refractivity contribution in [2.45, 2.75) is 58.3 Å². The molecule has 0 atom stereocenters. The second kappa shape index (κ2) is 6.83. The molecule has 1 heteroatoms. The van der Waals surface area contributed by atoms with E-state index in [0.29, 0.717) is 0 Å². The molecule has 0 N–H and O–H groups in total. The summed E-state index contributed by atoms with van der Waals surface area (Å²) in [6, 6.07) is 0. The van der Waals surface area contributed by atoms with Gasteiger partial charge >= 0.3 is 0 Å². The molecule has 0 bridgehead atoms. The van der Waals surface area contributed by atoms with Crippen LogP contribution >= 0.6 is 9.16 Å². The van der Waals surface area contributed by atoms with E-state index in [2.05, 4.69) is 31.9 Å². The number of hydrogen-bond donors (Lipinski definition) is 1. The van der Waals surface area contributed by atoms with Gasteiger partial charge in [0.1, 0.15) is 0 Å². The summed E-state index contributed by atoms with van der Waals surface area (Å²) in [4.78, 5) is 0. The molecule has 96 valence electrons. The Labute approximate surface area is 98.5 Å². The lowest BCUT2D eigenvalue weighted by molar-refractivity contribution is 0.586. The second-order valence-electron chi connectivity index (χ2n) is 7.15. The molecule has 0 nitrogen and oxygen atoms in total. The fourth-order valence-electron chi connectivity index (χ4n) is 1.88. The Morgan fingerprint density at radius 1 is 0.600 bits per heavy atom. The van der Waals surface area contributed by atoms with Gasteiger partial charge in [0.05, 0.1) is 0 Å². The normalized spacial score (nSPS) is 14.9. The number of thiol groups is 1. The molecule has 0 aromatic carbocycles. The maximum atomic E-state index is 2.49. The van der Waals surface area contributed by atoms with Crippen LogP contribution < -0.4 is 0 Å². The molecular formula is C14H34S. The number of rotatable bonds is 9. The maximum Gasteiger partial charge on any atom is -0.0365 e. The minimum absolute atomic E-state index is 1.19. The van der Waals surface area contributed by atoms with Crippen molar-refractivity contribution in [2.75, 3.05) is 30.8 Å². The quantitative estimate of drug-likeness (QED) is 0.433. The standard InChI is InChI=1S/C14H34S/c1-6-7-8-9-10-11-12-13-14-15(2,3,4)5/h15H,6-14H2,1-5H3. The van der Waals surface area contributed by atoms with E-state index in [1.165, 1.54) is 57.1 Å². The van der Waals surface area contributed by atoms with Crippen molar-refractivity contribution in [1.82, 2.24) is 0 Å². The zero-order valence-electron chi connectivity index (χ0n) is 11.8. The zero-order valence-corrected chi connectivity index (χ0v) is 12.7. The van der Waals surface area contributed by atoms with Gasteiger partial charge in [0.25, 0.3) is 0 Å². The lowest BCUT2D eigenvalue weighted by atomic mass is 10.1. The Hall–Kier alpha value is 0.350. The highest BCUT2D eigenvalue weighted by molar-refractivity contribution is 8.47. The smallest absolute Gasteiger partial charge is 0.0365 e. The fourth-order valence-corrected chi connectivity index (χ4v) is 3.37. The lowest BCUT2D eigenvalue weighted by Gasteiger charge is -2.47. The molecule has 0 aliphatic rings. The summed E-state index contributed by atoms with van der Waals surface area (Å²) in [7, 11) is -1.19. The van der Waals surface area contributed by atoms with E-state index in [1.54, 1.807) is 0 Å². The van der Waals surface area contributed by atoms with Gasteiger partial charge in [-0.25, -0.2) is 0 Å². The molecule has 0 heterocycles. The first-order valence-corrected chi connectivity index (χ1v) is 11.0. The summed E-state index contributed by atoms with van der Waals surface area (Å²) >= 11 is 0. The van der Waals surface area contributed by atoms with Gasteiger partial charge in [0, 0.05) is 0 Å². The van der Waals surface area contributed by atoms with Crippen LogP contribution in [0.15, 0.2) is 0 Å². The Balaban J connectivity index is 3.19. The molecule has 0 aliphatic heterocycles. The molecule has 0 saturated heterocycles. The Morgan fingerprint density at radius 2 is 1.00 bits per heavy atom. The summed E-state index contributed by atoms with van der Waals surface area (Å²) in [5.41, 5.74) is 0. The lowest BCUT2D eigenvalue weighted by Crippen LogP contribution is -2.14. The molecule has 0 radical (unpaired) electrons. The summed E-state index contributed by atoms with van der Waals surface area (Å²) in [5, 5.41) is 0. The first-order valence-electron chi connectivity index (χ1n) is 6.81. The average Bonchev–Trinajstić information content (AvgIpc) is 2.07. The Kier molecular flexibility index (Phi) is 6.99. The van der Waals surface area contributed by atoms with E-state index in [9.17, 15) is 0 Å². The van der Waals surface area contributed by atoms with Crippen molar-refractivity contribution in [3.05, 3.63) is 0 Å². The molecule has 0 aromatic rings. The predicted octanol–water partition coefficient (Wildman–Crippen LogP) is 4.72. The van der Waals surface area contributed by atoms with Crippen molar-refractivity contribution in [3.63, 3.8) is 0 Å². The Bertz CT molecular complexity index is 143. The maximum absolute atomic E-state index is 2.49. The molecule has 0 aliphatic carbocycles. The van der Waals surface area contributed by atoms with Crippen LogP contribution in [-0.4, -0.2) is 30.8 Å². The highest BCUT2D eigenvalue weighted by Crippen LogP contribution is 2.55. The van der Waals surface area contributed by atoms with Gasteiger partial charge in [0.15, 0.2) is 0 Å². The van der Waals surface area contributed by atoms with Crippen LogP contribution in [0.4, 0.5) is 0 Å². The van der Waals surface area contributed by atoms with Crippen LogP contribution in [0.2, 0.25) is 0 Å². The Morgan fingerprint density at radius 3 is 1.40 bits per heavy atom. The first-order chi connectivity index (χ1) is 6.81. The van der Waals surface area contributed by atoms with Gasteiger partial charge in [-0.1, -0.05) is 51.9 Å². The first kappa shape index (κ1) is 15.3. The molecule has 15 heavy (non-hydrogen) atoms. The van der Waals surface area contributed by atoms with Crippen molar-refractivity contribution < 1.29 is 0 Å². The molecule has 0 amide bonds. The van der Waals surface area contributed by atoms with E-state index < -0.39 is 9.16 Å². The predicted molar refractivity (Wildman–Crippen MR) is 80.2 cm³/mol. The van der Waals surface area contributed by atoms with Gasteiger partial charge < -0.3 is 0 Å². The molecule has 0 saturated carbocycles. The zero-order chi connectivity index (χ0) is 11.8. The van der Waals surface area contributed by atoms with Gasteiger partial charge in [0.2, 0.25) is 0 Å². The number of hydrogen-bond acceptors (Lipinski definition) is 0. The third-order valence-corrected chi connectivity index (χ3v) is 5.01. The van der Waals surface area contributed by atoms with Gasteiger partial charge in [-0.15, -0.1) is 0 Å². The third-order valence-electron chi connectivity index (χ3n) is 2.91. The van der Waals surface area contributed by atoms with Gasteiger partial charge in [-0.05, 0) is 37.2 Å². The summed E-state index contributed by atoms with van der Waals surface area (Å²) in [6.45, 7) is 2.29. The van der Waals surface area contributed by atoms with Gasteiger partial charge in [-0.3, -0.25) is 9.16 Å². The minimum atomic E-state index is -1.19. The second-order valence-corrected chi connectivity index (χ2v) is 15.5. The summed E-state index contributed by atoms with van der Waals surface area (Å²) in [5.74, 6) is 1.49.